The van der Waals surface area contributed by atoms with Crippen LogP contribution in [-0.2, 0) is 9.59 Å². The molecule has 0 aliphatic rings. The van der Waals surface area contributed by atoms with E-state index in [2.05, 4.69) is 5.32 Å². The summed E-state index contributed by atoms with van der Waals surface area (Å²) in [7, 11) is 0. The van der Waals surface area contributed by atoms with Crippen molar-refractivity contribution in [1.29, 1.82) is 5.26 Å². The number of aryl methyl sites for hydroxylation is 2. The molecule has 0 aliphatic carbocycles. The van der Waals surface area contributed by atoms with E-state index in [1.165, 1.54) is 6.08 Å². The Labute approximate surface area is 189 Å². The molecule has 0 saturated heterocycles. The Balaban J connectivity index is 2.34. The number of nitrogens with zero attached hydrogens (tertiary/aromatic N) is 1. The van der Waals surface area contributed by atoms with Crippen molar-refractivity contribution in [3.05, 3.63) is 56.2 Å². The summed E-state index contributed by atoms with van der Waals surface area (Å²) in [5.74, 6) is -0.339. The lowest BCUT2D eigenvalue weighted by atomic mass is 10.1. The van der Waals surface area contributed by atoms with E-state index in [1.54, 1.807) is 18.2 Å². The molecule has 30 heavy (non-hydrogen) atoms. The van der Waals surface area contributed by atoms with Gasteiger partial charge < -0.3 is 20.5 Å². The average molecular weight is 519 g/mol. The normalized spacial score (nSPS) is 10.8. The summed E-state index contributed by atoms with van der Waals surface area (Å²) < 4.78 is 11.7. The van der Waals surface area contributed by atoms with E-state index in [0.29, 0.717) is 32.9 Å². The Morgan fingerprint density at radius 3 is 2.57 bits per heavy atom. The predicted molar refractivity (Wildman–Crippen MR) is 123 cm³/mol. The van der Waals surface area contributed by atoms with Crippen LogP contribution in [0.2, 0.25) is 0 Å². The van der Waals surface area contributed by atoms with Gasteiger partial charge in [-0.05, 0) is 78.8 Å². The number of amides is 2. The summed E-state index contributed by atoms with van der Waals surface area (Å²) in [6, 6.07) is 11.0. The van der Waals surface area contributed by atoms with Gasteiger partial charge in [0, 0.05) is 5.69 Å². The van der Waals surface area contributed by atoms with Crippen molar-refractivity contribution in [3.8, 4) is 17.6 Å². The summed E-state index contributed by atoms with van der Waals surface area (Å²) >= 11 is 2.03. The lowest BCUT2D eigenvalue weighted by Gasteiger charge is -2.14. The summed E-state index contributed by atoms with van der Waals surface area (Å²) in [4.78, 5) is 23.6. The van der Waals surface area contributed by atoms with Gasteiger partial charge >= 0.3 is 0 Å². The van der Waals surface area contributed by atoms with Crippen LogP contribution in [0.15, 0.2) is 35.9 Å². The number of rotatable bonds is 8. The van der Waals surface area contributed by atoms with E-state index in [0.717, 1.165) is 11.1 Å². The number of halogens is 1. The van der Waals surface area contributed by atoms with Gasteiger partial charge in [-0.15, -0.1) is 0 Å². The van der Waals surface area contributed by atoms with Gasteiger partial charge in [0.2, 0.25) is 0 Å². The third kappa shape index (κ3) is 6.22. The topological polar surface area (TPSA) is 114 Å². The summed E-state index contributed by atoms with van der Waals surface area (Å²) in [6.07, 6.45) is 1.47. The molecule has 0 spiro atoms. The molecule has 2 rings (SSSR count). The van der Waals surface area contributed by atoms with E-state index in [1.807, 2.05) is 61.6 Å². The highest BCUT2D eigenvalue weighted by molar-refractivity contribution is 14.1. The largest absolute Gasteiger partial charge is 0.490 e. The first-order chi connectivity index (χ1) is 14.2. The molecular formula is C22H22IN3O4. The molecule has 2 aromatic carbocycles. The Kier molecular flexibility index (Phi) is 8.24. The number of hydrogen-bond acceptors (Lipinski definition) is 5. The standard InChI is InChI=1S/C22H22IN3O4/c1-4-29-19-10-15(9-17(23)21(19)30-12-20(25)27)8-16(11-24)22(28)26-18-6-5-13(2)7-14(18)3/h5-10H,4,12H2,1-3H3,(H2,25,27)(H,26,28)/b16-8+. The molecule has 2 amide bonds. The van der Waals surface area contributed by atoms with E-state index < -0.39 is 11.8 Å². The van der Waals surface area contributed by atoms with Crippen LogP contribution < -0.4 is 20.5 Å². The highest BCUT2D eigenvalue weighted by Gasteiger charge is 2.15. The van der Waals surface area contributed by atoms with Gasteiger partial charge in [-0.3, -0.25) is 9.59 Å². The molecule has 3 N–H and O–H groups in total. The van der Waals surface area contributed by atoms with Gasteiger partial charge in [-0.25, -0.2) is 0 Å². The quantitative estimate of drug-likeness (QED) is 0.314. The first-order valence-corrected chi connectivity index (χ1v) is 10.2. The fraction of sp³-hybridized carbons (Fsp3) is 0.227. The van der Waals surface area contributed by atoms with Crippen LogP contribution in [0, 0.1) is 28.7 Å². The molecule has 0 heterocycles. The zero-order chi connectivity index (χ0) is 22.3. The van der Waals surface area contributed by atoms with Crippen LogP contribution in [0.3, 0.4) is 0 Å². The second-order valence-electron chi connectivity index (χ2n) is 6.46. The molecule has 8 heteroatoms. The van der Waals surface area contributed by atoms with Crippen LogP contribution in [0.4, 0.5) is 5.69 Å². The van der Waals surface area contributed by atoms with Gasteiger partial charge in [0.25, 0.3) is 11.8 Å². The van der Waals surface area contributed by atoms with Crippen molar-refractivity contribution in [1.82, 2.24) is 0 Å². The van der Waals surface area contributed by atoms with Crippen molar-refractivity contribution in [2.45, 2.75) is 20.8 Å². The maximum absolute atomic E-state index is 12.6. The minimum absolute atomic E-state index is 0.0565. The van der Waals surface area contributed by atoms with E-state index >= 15 is 0 Å². The predicted octanol–water partition coefficient (Wildman–Crippen LogP) is 3.72. The monoisotopic (exact) mass is 519 g/mol. The molecule has 0 saturated carbocycles. The van der Waals surface area contributed by atoms with Crippen LogP contribution in [0.5, 0.6) is 11.5 Å². The Morgan fingerprint density at radius 2 is 1.97 bits per heavy atom. The van der Waals surface area contributed by atoms with Crippen LogP contribution in [0.25, 0.3) is 6.08 Å². The molecule has 0 aromatic heterocycles. The van der Waals surface area contributed by atoms with Gasteiger partial charge in [0.1, 0.15) is 11.6 Å². The Hall–Kier alpha value is -3.06. The van der Waals surface area contributed by atoms with Crippen LogP contribution >= 0.6 is 22.6 Å². The lowest BCUT2D eigenvalue weighted by Crippen LogP contribution is -2.20. The van der Waals surface area contributed by atoms with Crippen LogP contribution in [0.1, 0.15) is 23.6 Å². The fourth-order valence-electron chi connectivity index (χ4n) is 2.68. The number of ether oxygens (including phenoxy) is 2. The van der Waals surface area contributed by atoms with Crippen molar-refractivity contribution < 1.29 is 19.1 Å². The van der Waals surface area contributed by atoms with Gasteiger partial charge in [-0.2, -0.15) is 5.26 Å². The molecular weight excluding hydrogens is 497 g/mol. The molecule has 0 fully saturated rings. The minimum Gasteiger partial charge on any atom is -0.490 e. The number of anilines is 1. The number of nitrogens with one attached hydrogen (secondary N) is 1. The minimum atomic E-state index is -0.605. The third-order valence-corrected chi connectivity index (χ3v) is 4.80. The van der Waals surface area contributed by atoms with Gasteiger partial charge in [0.15, 0.2) is 18.1 Å². The van der Waals surface area contributed by atoms with E-state index in [4.69, 9.17) is 15.2 Å². The SMILES string of the molecule is CCOc1cc(/C=C(\C#N)C(=O)Nc2ccc(C)cc2C)cc(I)c1OCC(N)=O. The summed E-state index contributed by atoms with van der Waals surface area (Å²) in [5, 5.41) is 12.3. The van der Waals surface area contributed by atoms with Crippen molar-refractivity contribution in [2.75, 3.05) is 18.5 Å². The van der Waals surface area contributed by atoms with Crippen molar-refractivity contribution >= 4 is 46.2 Å². The Bertz CT molecular complexity index is 1040. The van der Waals surface area contributed by atoms with Crippen molar-refractivity contribution in [3.63, 3.8) is 0 Å². The highest BCUT2D eigenvalue weighted by Crippen LogP contribution is 2.35. The first kappa shape index (κ1) is 23.2. The molecule has 0 unspecified atom stereocenters. The molecule has 0 radical (unpaired) electrons. The summed E-state index contributed by atoms with van der Waals surface area (Å²) in [6.45, 7) is 5.75. The molecule has 0 aliphatic heterocycles. The van der Waals surface area contributed by atoms with Crippen molar-refractivity contribution in [2.24, 2.45) is 5.73 Å². The van der Waals surface area contributed by atoms with Crippen LogP contribution in [-0.4, -0.2) is 25.0 Å². The first-order valence-electron chi connectivity index (χ1n) is 9.13. The second kappa shape index (κ2) is 10.6. The number of nitriles is 1. The molecule has 0 atom stereocenters. The zero-order valence-electron chi connectivity index (χ0n) is 16.9. The lowest BCUT2D eigenvalue weighted by molar-refractivity contribution is -0.120. The number of benzene rings is 2. The smallest absolute Gasteiger partial charge is 0.266 e. The van der Waals surface area contributed by atoms with Gasteiger partial charge in [0.05, 0.1) is 10.2 Å². The number of carbonyl (C=O) groups excluding carboxylic acids is 2. The maximum Gasteiger partial charge on any atom is 0.266 e. The Morgan fingerprint density at radius 1 is 1.23 bits per heavy atom. The maximum atomic E-state index is 12.6. The average Bonchev–Trinajstić information content (AvgIpc) is 2.67. The number of nitrogens with two attached hydrogens (primary N) is 1. The number of primary amides is 1. The molecule has 2 aromatic rings. The number of hydrogen-bond donors (Lipinski definition) is 2. The zero-order valence-corrected chi connectivity index (χ0v) is 19.1. The van der Waals surface area contributed by atoms with E-state index in [-0.39, 0.29) is 12.2 Å². The second-order valence-corrected chi connectivity index (χ2v) is 7.62. The summed E-state index contributed by atoms with van der Waals surface area (Å²) in [5.41, 5.74) is 8.31. The third-order valence-electron chi connectivity index (χ3n) is 4.00. The molecule has 7 nitrogen and oxygen atoms in total. The fourth-order valence-corrected chi connectivity index (χ4v) is 3.46. The number of carbonyl (C=O) groups is 2. The highest BCUT2D eigenvalue weighted by atomic mass is 127. The van der Waals surface area contributed by atoms with Gasteiger partial charge in [-0.1, -0.05) is 17.7 Å². The molecule has 156 valence electrons. The van der Waals surface area contributed by atoms with E-state index in [9.17, 15) is 14.9 Å². The molecule has 0 bridgehead atoms.